The number of ketones is 2. The lowest BCUT2D eigenvalue weighted by Gasteiger charge is -2.30. The average Bonchev–Trinajstić information content (AvgIpc) is 2.73. The summed E-state index contributed by atoms with van der Waals surface area (Å²) in [7, 11) is 0. The molecule has 2 aliphatic rings. The fourth-order valence-corrected chi connectivity index (χ4v) is 4.12. The van der Waals surface area contributed by atoms with Gasteiger partial charge >= 0.3 is 12.1 Å². The van der Waals surface area contributed by atoms with Gasteiger partial charge in [0.1, 0.15) is 11.5 Å². The van der Waals surface area contributed by atoms with E-state index in [4.69, 9.17) is 5.73 Å². The number of anilines is 1. The lowest BCUT2D eigenvalue weighted by molar-refractivity contribution is -0.189. The average molecular weight is 448 g/mol. The molecule has 0 aliphatic heterocycles. The molecule has 0 amide bonds. The first-order chi connectivity index (χ1) is 15.1. The van der Waals surface area contributed by atoms with Gasteiger partial charge in [0.2, 0.25) is 0 Å². The number of alkyl halides is 3. The predicted octanol–water partition coefficient (Wildman–Crippen LogP) is 3.32. The maximum absolute atomic E-state index is 13.3. The van der Waals surface area contributed by atoms with Crippen molar-refractivity contribution in [2.75, 3.05) is 5.32 Å². The molecule has 4 rings (SSSR count). The fraction of sp³-hybridized carbons (Fsp3) is 0.318. The second-order valence-corrected chi connectivity index (χ2v) is 7.86. The maximum atomic E-state index is 13.3. The van der Waals surface area contributed by atoms with E-state index in [9.17, 15) is 32.7 Å². The minimum absolute atomic E-state index is 0.0677. The SMILES string of the molecule is NC1CCC(Nc2ccc(OC(=O)C(F)(F)F)c3c2C(=O)c2c(O)cccc2C3=O)CC1. The van der Waals surface area contributed by atoms with Crippen LogP contribution in [0.3, 0.4) is 0 Å². The first kappa shape index (κ1) is 21.8. The summed E-state index contributed by atoms with van der Waals surface area (Å²) in [5.41, 5.74) is 4.99. The van der Waals surface area contributed by atoms with E-state index >= 15 is 0 Å². The quantitative estimate of drug-likeness (QED) is 0.415. The molecule has 0 saturated heterocycles. The van der Waals surface area contributed by atoms with Gasteiger partial charge < -0.3 is 20.9 Å². The Morgan fingerprint density at radius 1 is 1.00 bits per heavy atom. The Kier molecular flexibility index (Phi) is 5.41. The van der Waals surface area contributed by atoms with Crippen LogP contribution in [0, 0.1) is 0 Å². The molecule has 10 heteroatoms. The van der Waals surface area contributed by atoms with Crippen LogP contribution in [0.5, 0.6) is 11.5 Å². The largest absolute Gasteiger partial charge is 0.507 e. The van der Waals surface area contributed by atoms with Crippen molar-refractivity contribution in [3.63, 3.8) is 0 Å². The molecule has 1 saturated carbocycles. The molecule has 32 heavy (non-hydrogen) atoms. The number of fused-ring (bicyclic) bond motifs is 2. The Hall–Kier alpha value is -3.40. The van der Waals surface area contributed by atoms with Crippen LogP contribution < -0.4 is 15.8 Å². The number of phenols is 1. The van der Waals surface area contributed by atoms with Gasteiger partial charge in [-0.2, -0.15) is 13.2 Å². The van der Waals surface area contributed by atoms with Crippen molar-refractivity contribution in [3.8, 4) is 11.5 Å². The molecule has 2 aromatic rings. The minimum Gasteiger partial charge on any atom is -0.507 e. The van der Waals surface area contributed by atoms with E-state index in [1.54, 1.807) is 0 Å². The molecule has 2 aliphatic carbocycles. The number of nitrogens with one attached hydrogen (secondary N) is 1. The van der Waals surface area contributed by atoms with E-state index < -0.39 is 40.8 Å². The Balaban J connectivity index is 1.82. The molecule has 0 radical (unpaired) electrons. The molecule has 0 unspecified atom stereocenters. The molecule has 168 valence electrons. The number of rotatable bonds is 3. The van der Waals surface area contributed by atoms with Crippen molar-refractivity contribution >= 4 is 23.2 Å². The van der Waals surface area contributed by atoms with Gasteiger partial charge in [0.05, 0.1) is 16.7 Å². The summed E-state index contributed by atoms with van der Waals surface area (Å²) in [6.45, 7) is 0. The van der Waals surface area contributed by atoms with Gasteiger partial charge in [-0.3, -0.25) is 9.59 Å². The third-order valence-corrected chi connectivity index (χ3v) is 5.70. The predicted molar refractivity (Wildman–Crippen MR) is 107 cm³/mol. The first-order valence-electron chi connectivity index (χ1n) is 9.97. The summed E-state index contributed by atoms with van der Waals surface area (Å²) >= 11 is 0. The Labute approximate surface area is 180 Å². The monoisotopic (exact) mass is 448 g/mol. The molecule has 0 atom stereocenters. The summed E-state index contributed by atoms with van der Waals surface area (Å²) in [5, 5.41) is 13.4. The highest BCUT2D eigenvalue weighted by atomic mass is 19.4. The minimum atomic E-state index is -5.29. The summed E-state index contributed by atoms with van der Waals surface area (Å²) in [6, 6.07) is 6.18. The van der Waals surface area contributed by atoms with Crippen molar-refractivity contribution in [3.05, 3.63) is 52.6 Å². The molecular weight excluding hydrogens is 429 g/mol. The zero-order valence-electron chi connectivity index (χ0n) is 16.7. The van der Waals surface area contributed by atoms with Crippen LogP contribution in [-0.2, 0) is 4.79 Å². The number of halogens is 3. The highest BCUT2D eigenvalue weighted by Crippen LogP contribution is 2.41. The van der Waals surface area contributed by atoms with Crippen LogP contribution in [0.25, 0.3) is 0 Å². The molecule has 7 nitrogen and oxygen atoms in total. The van der Waals surface area contributed by atoms with Gasteiger partial charge in [-0.25, -0.2) is 4.79 Å². The van der Waals surface area contributed by atoms with Crippen molar-refractivity contribution < 1.29 is 37.4 Å². The maximum Gasteiger partial charge on any atom is 0.491 e. The molecule has 0 spiro atoms. The number of carbonyl (C=O) groups excluding carboxylic acids is 3. The lowest BCUT2D eigenvalue weighted by atomic mass is 9.81. The van der Waals surface area contributed by atoms with E-state index in [1.807, 2.05) is 0 Å². The van der Waals surface area contributed by atoms with E-state index in [0.717, 1.165) is 18.9 Å². The Morgan fingerprint density at radius 2 is 1.69 bits per heavy atom. The van der Waals surface area contributed by atoms with Crippen molar-refractivity contribution in [1.29, 1.82) is 0 Å². The van der Waals surface area contributed by atoms with Crippen molar-refractivity contribution in [2.24, 2.45) is 5.73 Å². The third kappa shape index (κ3) is 3.81. The molecular formula is C22H19F3N2O5. The van der Waals surface area contributed by atoms with E-state index in [-0.39, 0.29) is 34.5 Å². The van der Waals surface area contributed by atoms with Gasteiger partial charge in [-0.05, 0) is 43.9 Å². The van der Waals surface area contributed by atoms with Gasteiger partial charge in [-0.1, -0.05) is 12.1 Å². The number of carbonyl (C=O) groups is 3. The number of phenolic OH excluding ortho intramolecular Hbond substituents is 1. The van der Waals surface area contributed by atoms with Crippen LogP contribution in [-0.4, -0.2) is 40.9 Å². The number of benzene rings is 2. The second kappa shape index (κ2) is 7.94. The van der Waals surface area contributed by atoms with E-state index in [1.165, 1.54) is 24.3 Å². The van der Waals surface area contributed by atoms with Crippen molar-refractivity contribution in [2.45, 2.75) is 43.9 Å². The molecule has 4 N–H and O–H groups in total. The van der Waals surface area contributed by atoms with Gasteiger partial charge in [0, 0.05) is 23.3 Å². The van der Waals surface area contributed by atoms with Gasteiger partial charge in [0.15, 0.2) is 11.6 Å². The molecule has 0 bridgehead atoms. The highest BCUT2D eigenvalue weighted by Gasteiger charge is 2.43. The van der Waals surface area contributed by atoms with Crippen LogP contribution in [0.4, 0.5) is 18.9 Å². The van der Waals surface area contributed by atoms with Crippen LogP contribution in [0.2, 0.25) is 0 Å². The van der Waals surface area contributed by atoms with E-state index in [0.29, 0.717) is 12.8 Å². The normalized spacial score (nSPS) is 20.4. The summed E-state index contributed by atoms with van der Waals surface area (Å²) < 4.78 is 42.8. The number of hydrogen-bond donors (Lipinski definition) is 3. The fourth-order valence-electron chi connectivity index (χ4n) is 4.12. The topological polar surface area (TPSA) is 119 Å². The number of esters is 1. The standard InChI is InChI=1S/C22H19F3N2O5/c23-22(24,25)21(31)32-15-9-8-13(27-11-6-4-10(26)5-7-11)17-18(15)19(29)12-2-1-3-14(28)16(12)20(17)30/h1-3,8-11,27-28H,4-7,26H2. The Bertz CT molecular complexity index is 1120. The molecule has 1 fully saturated rings. The molecule has 0 aromatic heterocycles. The first-order valence-corrected chi connectivity index (χ1v) is 9.97. The third-order valence-electron chi connectivity index (χ3n) is 5.70. The zero-order valence-corrected chi connectivity index (χ0v) is 16.7. The molecule has 0 heterocycles. The van der Waals surface area contributed by atoms with Crippen LogP contribution >= 0.6 is 0 Å². The Morgan fingerprint density at radius 3 is 2.34 bits per heavy atom. The number of hydrogen-bond acceptors (Lipinski definition) is 7. The van der Waals surface area contributed by atoms with E-state index in [2.05, 4.69) is 10.1 Å². The number of ether oxygens (including phenoxy) is 1. The zero-order chi connectivity index (χ0) is 23.2. The highest BCUT2D eigenvalue weighted by molar-refractivity contribution is 6.32. The number of aromatic hydroxyl groups is 1. The summed E-state index contributed by atoms with van der Waals surface area (Å²) in [5.74, 6) is -5.20. The lowest BCUT2D eigenvalue weighted by Crippen LogP contribution is -2.34. The van der Waals surface area contributed by atoms with Crippen LogP contribution in [0.15, 0.2) is 30.3 Å². The van der Waals surface area contributed by atoms with Gasteiger partial charge in [-0.15, -0.1) is 0 Å². The summed E-state index contributed by atoms with van der Waals surface area (Å²) in [4.78, 5) is 37.9. The number of nitrogens with two attached hydrogens (primary N) is 1. The van der Waals surface area contributed by atoms with Crippen LogP contribution in [0.1, 0.15) is 57.5 Å². The summed E-state index contributed by atoms with van der Waals surface area (Å²) in [6.07, 6.45) is -2.40. The second-order valence-electron chi connectivity index (χ2n) is 7.86. The van der Waals surface area contributed by atoms with Gasteiger partial charge in [0.25, 0.3) is 0 Å². The van der Waals surface area contributed by atoms with Crippen molar-refractivity contribution in [1.82, 2.24) is 0 Å². The molecule has 2 aromatic carbocycles. The smallest absolute Gasteiger partial charge is 0.491 e.